The molecule has 8 nitrogen and oxygen atoms in total. The first-order chi connectivity index (χ1) is 17.4. The summed E-state index contributed by atoms with van der Waals surface area (Å²) >= 11 is 0. The van der Waals surface area contributed by atoms with Crippen molar-refractivity contribution < 1.29 is 25.2 Å². The molecule has 0 saturated carbocycles. The molecule has 3 atom stereocenters. The van der Waals surface area contributed by atoms with E-state index in [1.54, 1.807) is 6.07 Å². The Morgan fingerprint density at radius 3 is 1.92 bits per heavy atom. The molecule has 3 rings (SSSR count). The first kappa shape index (κ1) is 27.4. The van der Waals surface area contributed by atoms with Crippen LogP contribution in [0.4, 0.5) is 0 Å². The number of carbonyl (C=O) groups excluding carboxylic acids is 1. The van der Waals surface area contributed by atoms with Crippen molar-refractivity contribution in [2.75, 3.05) is 20.2 Å². The van der Waals surface area contributed by atoms with E-state index in [-0.39, 0.29) is 25.5 Å². The maximum atomic E-state index is 12.8. The van der Waals surface area contributed by atoms with Crippen molar-refractivity contribution in [3.05, 3.63) is 101 Å². The second-order valence-electron chi connectivity index (χ2n) is 8.98. The Kier molecular flexibility index (Phi) is 10.5. The number of aliphatic hydroxyl groups excluding tert-OH is 4. The number of carbonyl (C=O) groups is 1. The number of likely N-dealkylation sites (N-methyl/N-ethyl adjacent to an activating group) is 1. The van der Waals surface area contributed by atoms with Gasteiger partial charge in [0, 0.05) is 46.0 Å². The van der Waals surface area contributed by atoms with Gasteiger partial charge in [0.05, 0.1) is 23.5 Å². The summed E-state index contributed by atoms with van der Waals surface area (Å²) in [5.74, 6) is -0.359. The number of hydrogen-bond acceptors (Lipinski definition) is 7. The monoisotopic (exact) mass is 493 g/mol. The summed E-state index contributed by atoms with van der Waals surface area (Å²) in [6.07, 6.45) is -2.64. The highest BCUT2D eigenvalue weighted by atomic mass is 16.4. The van der Waals surface area contributed by atoms with Crippen molar-refractivity contribution in [2.45, 2.75) is 44.4 Å². The highest BCUT2D eigenvalue weighted by molar-refractivity contribution is 5.93. The molecular weight excluding hydrogens is 458 g/mol. The van der Waals surface area contributed by atoms with Gasteiger partial charge in [0.2, 0.25) is 0 Å². The lowest BCUT2D eigenvalue weighted by atomic mass is 10.0. The fraction of sp³-hybridized carbons (Fsp3) is 0.357. The predicted octanol–water partition coefficient (Wildman–Crippen LogP) is 1.82. The molecule has 192 valence electrons. The third-order valence-electron chi connectivity index (χ3n) is 5.98. The summed E-state index contributed by atoms with van der Waals surface area (Å²) in [4.78, 5) is 20.9. The van der Waals surface area contributed by atoms with Crippen LogP contribution in [-0.2, 0) is 19.6 Å². The normalized spacial score (nSPS) is 13.8. The number of pyridine rings is 1. The molecule has 0 radical (unpaired) electrons. The molecule has 0 aliphatic heterocycles. The molecule has 0 aliphatic rings. The van der Waals surface area contributed by atoms with Gasteiger partial charge in [0.15, 0.2) is 0 Å². The Labute approximate surface area is 212 Å². The standard InChI is InChI=1S/C28H35N3O5/c1-30(20-26(34)27(35)25(33)14-15-32)28(36)23-12-13-24(29-16-23)19-31(17-21-8-4-2-5-9-21)18-22-10-6-3-7-11-22/h2-13,16,25-27,32-35H,14-15,17-20H2,1H3. The van der Waals surface area contributed by atoms with E-state index in [1.165, 1.54) is 29.3 Å². The zero-order valence-corrected chi connectivity index (χ0v) is 20.5. The van der Waals surface area contributed by atoms with Crippen LogP contribution in [0, 0.1) is 0 Å². The smallest absolute Gasteiger partial charge is 0.255 e. The number of nitrogens with zero attached hydrogens (tertiary/aromatic N) is 3. The van der Waals surface area contributed by atoms with Gasteiger partial charge < -0.3 is 25.3 Å². The van der Waals surface area contributed by atoms with Crippen molar-refractivity contribution >= 4 is 5.91 Å². The Bertz CT molecular complexity index is 1010. The summed E-state index contributed by atoms with van der Waals surface area (Å²) in [6.45, 7) is 1.62. The van der Waals surface area contributed by atoms with Gasteiger partial charge in [-0.25, -0.2) is 0 Å². The molecule has 8 heteroatoms. The Balaban J connectivity index is 1.63. The molecule has 0 fully saturated rings. The average Bonchev–Trinajstić information content (AvgIpc) is 2.89. The number of hydrogen-bond donors (Lipinski definition) is 4. The molecule has 0 spiro atoms. The summed E-state index contributed by atoms with van der Waals surface area (Å²) in [7, 11) is 1.51. The fourth-order valence-corrected chi connectivity index (χ4v) is 3.98. The molecule has 0 aliphatic carbocycles. The Morgan fingerprint density at radius 2 is 1.42 bits per heavy atom. The average molecular weight is 494 g/mol. The summed E-state index contributed by atoms with van der Waals surface area (Å²) < 4.78 is 0. The van der Waals surface area contributed by atoms with Gasteiger partial charge in [-0.1, -0.05) is 60.7 Å². The minimum Gasteiger partial charge on any atom is -0.396 e. The van der Waals surface area contributed by atoms with Crippen molar-refractivity contribution in [3.8, 4) is 0 Å². The molecule has 0 saturated heterocycles. The molecular formula is C28H35N3O5. The van der Waals surface area contributed by atoms with E-state index < -0.39 is 18.3 Å². The largest absolute Gasteiger partial charge is 0.396 e. The second-order valence-corrected chi connectivity index (χ2v) is 8.98. The third-order valence-corrected chi connectivity index (χ3v) is 5.98. The first-order valence-electron chi connectivity index (χ1n) is 12.0. The number of aliphatic hydroxyl groups is 4. The second kappa shape index (κ2) is 13.8. The van der Waals surface area contributed by atoms with Gasteiger partial charge in [0.1, 0.15) is 6.10 Å². The zero-order valence-electron chi connectivity index (χ0n) is 20.5. The Hall–Kier alpha value is -3.14. The van der Waals surface area contributed by atoms with Crippen molar-refractivity contribution in [1.82, 2.24) is 14.8 Å². The van der Waals surface area contributed by atoms with E-state index in [2.05, 4.69) is 34.1 Å². The highest BCUT2D eigenvalue weighted by Gasteiger charge is 2.27. The van der Waals surface area contributed by atoms with Crippen LogP contribution < -0.4 is 0 Å². The van der Waals surface area contributed by atoms with Crippen LogP contribution in [0.5, 0.6) is 0 Å². The lowest BCUT2D eigenvalue weighted by Gasteiger charge is -2.26. The van der Waals surface area contributed by atoms with Crippen LogP contribution >= 0.6 is 0 Å². The van der Waals surface area contributed by atoms with Crippen LogP contribution in [0.3, 0.4) is 0 Å². The van der Waals surface area contributed by atoms with E-state index in [9.17, 15) is 20.1 Å². The molecule has 2 aromatic carbocycles. The van der Waals surface area contributed by atoms with Crippen LogP contribution in [0.1, 0.15) is 33.6 Å². The van der Waals surface area contributed by atoms with Gasteiger partial charge >= 0.3 is 0 Å². The van der Waals surface area contributed by atoms with E-state index in [0.29, 0.717) is 12.1 Å². The predicted molar refractivity (Wildman–Crippen MR) is 137 cm³/mol. The minimum absolute atomic E-state index is 0.0627. The highest BCUT2D eigenvalue weighted by Crippen LogP contribution is 2.14. The SMILES string of the molecule is CN(CC(O)C(O)C(O)CCO)C(=O)c1ccc(CN(Cc2ccccc2)Cc2ccccc2)nc1. The molecule has 1 amide bonds. The number of rotatable bonds is 13. The minimum atomic E-state index is -1.46. The van der Waals surface area contributed by atoms with Crippen molar-refractivity contribution in [2.24, 2.45) is 0 Å². The van der Waals surface area contributed by atoms with Crippen LogP contribution in [0.15, 0.2) is 79.0 Å². The molecule has 1 heterocycles. The topological polar surface area (TPSA) is 117 Å². The van der Waals surface area contributed by atoms with E-state index in [0.717, 1.165) is 18.8 Å². The van der Waals surface area contributed by atoms with Gasteiger partial charge in [-0.15, -0.1) is 0 Å². The molecule has 4 N–H and O–H groups in total. The van der Waals surface area contributed by atoms with Gasteiger partial charge in [-0.05, 0) is 29.7 Å². The van der Waals surface area contributed by atoms with Gasteiger partial charge in [-0.3, -0.25) is 14.7 Å². The summed E-state index contributed by atoms with van der Waals surface area (Å²) in [5, 5.41) is 38.8. The fourth-order valence-electron chi connectivity index (χ4n) is 3.98. The first-order valence-corrected chi connectivity index (χ1v) is 12.0. The Morgan fingerprint density at radius 1 is 0.833 bits per heavy atom. The van der Waals surface area contributed by atoms with Gasteiger partial charge in [0.25, 0.3) is 5.91 Å². The third kappa shape index (κ3) is 8.22. The summed E-state index contributed by atoms with van der Waals surface area (Å²) in [6, 6.07) is 24.0. The maximum absolute atomic E-state index is 12.8. The van der Waals surface area contributed by atoms with Gasteiger partial charge in [-0.2, -0.15) is 0 Å². The summed E-state index contributed by atoms with van der Waals surface area (Å²) in [5.41, 5.74) is 3.58. The lowest BCUT2D eigenvalue weighted by molar-refractivity contribution is -0.0709. The molecule has 3 unspecified atom stereocenters. The maximum Gasteiger partial charge on any atom is 0.255 e. The van der Waals surface area contributed by atoms with Crippen molar-refractivity contribution in [3.63, 3.8) is 0 Å². The van der Waals surface area contributed by atoms with Crippen LogP contribution in [0.2, 0.25) is 0 Å². The molecule has 36 heavy (non-hydrogen) atoms. The number of benzene rings is 2. The number of amides is 1. The van der Waals surface area contributed by atoms with E-state index in [1.807, 2.05) is 42.5 Å². The van der Waals surface area contributed by atoms with E-state index >= 15 is 0 Å². The molecule has 1 aromatic heterocycles. The van der Waals surface area contributed by atoms with Crippen LogP contribution in [0.25, 0.3) is 0 Å². The molecule has 0 bridgehead atoms. The van der Waals surface area contributed by atoms with Crippen LogP contribution in [-0.4, -0.2) is 79.6 Å². The molecule has 3 aromatic rings. The lowest BCUT2D eigenvalue weighted by Crippen LogP contribution is -2.45. The van der Waals surface area contributed by atoms with E-state index in [4.69, 9.17) is 5.11 Å². The zero-order chi connectivity index (χ0) is 25.9. The number of aromatic nitrogens is 1. The van der Waals surface area contributed by atoms with Crippen molar-refractivity contribution in [1.29, 1.82) is 0 Å². The quantitative estimate of drug-likeness (QED) is 0.287.